The summed E-state index contributed by atoms with van der Waals surface area (Å²) < 4.78 is 28.5. The van der Waals surface area contributed by atoms with Gasteiger partial charge in [0.1, 0.15) is 17.7 Å². The molecular weight excluding hydrogens is 456 g/mol. The zero-order valence-corrected chi connectivity index (χ0v) is 16.7. The Morgan fingerprint density at radius 2 is 2.08 bits per heavy atom. The van der Waals surface area contributed by atoms with E-state index >= 15 is 0 Å². The van der Waals surface area contributed by atoms with E-state index in [0.29, 0.717) is 3.57 Å². The van der Waals surface area contributed by atoms with Crippen LogP contribution in [0.3, 0.4) is 0 Å². The van der Waals surface area contributed by atoms with E-state index in [1.165, 1.54) is 18.2 Å². The molecule has 2 aromatic rings. The molecule has 1 atom stereocenters. The minimum Gasteiger partial charge on any atom is -0.374 e. The standard InChI is InChI=1S/C17H19FIN3O4/c1-17(2)25-9-11(26-17)8-21-15(23)7-14(20-3)22(16(21)24)13-5-4-10(19)6-12(13)18/h4-7,11,20H,8-9H2,1-3H3/t11-/m0/s1. The summed E-state index contributed by atoms with van der Waals surface area (Å²) in [5.41, 5.74) is -1.07. The molecule has 9 heteroatoms. The van der Waals surface area contributed by atoms with Gasteiger partial charge in [-0.3, -0.25) is 9.36 Å². The van der Waals surface area contributed by atoms with E-state index in [1.54, 1.807) is 27.0 Å². The van der Waals surface area contributed by atoms with E-state index < -0.39 is 29.0 Å². The first-order valence-electron chi connectivity index (χ1n) is 8.03. The van der Waals surface area contributed by atoms with Crippen LogP contribution in [-0.2, 0) is 16.0 Å². The molecule has 0 radical (unpaired) electrons. The van der Waals surface area contributed by atoms with Crippen LogP contribution in [0.25, 0.3) is 5.69 Å². The van der Waals surface area contributed by atoms with E-state index in [4.69, 9.17) is 9.47 Å². The molecule has 1 fully saturated rings. The van der Waals surface area contributed by atoms with Crippen molar-refractivity contribution in [2.24, 2.45) is 0 Å². The number of rotatable bonds is 4. The monoisotopic (exact) mass is 475 g/mol. The molecule has 2 heterocycles. The van der Waals surface area contributed by atoms with Gasteiger partial charge in [0.15, 0.2) is 5.79 Å². The molecule has 140 valence electrons. The van der Waals surface area contributed by atoms with Gasteiger partial charge in [0.25, 0.3) is 5.56 Å². The predicted octanol–water partition coefficient (Wildman–Crippen LogP) is 1.94. The zero-order chi connectivity index (χ0) is 19.1. The molecule has 1 aliphatic rings. The largest absolute Gasteiger partial charge is 0.374 e. The lowest BCUT2D eigenvalue weighted by molar-refractivity contribution is -0.139. The van der Waals surface area contributed by atoms with Crippen LogP contribution >= 0.6 is 22.6 Å². The summed E-state index contributed by atoms with van der Waals surface area (Å²) in [4.78, 5) is 25.4. The van der Waals surface area contributed by atoms with Crippen LogP contribution in [0.15, 0.2) is 33.9 Å². The molecule has 0 aliphatic carbocycles. The summed E-state index contributed by atoms with van der Waals surface area (Å²) in [5.74, 6) is -1.11. The molecule has 0 saturated carbocycles. The molecule has 0 unspecified atom stereocenters. The van der Waals surface area contributed by atoms with Crippen LogP contribution in [-0.4, -0.2) is 34.7 Å². The Kier molecular flexibility index (Phi) is 5.22. The molecule has 1 aromatic heterocycles. The molecule has 0 spiro atoms. The van der Waals surface area contributed by atoms with Gasteiger partial charge in [-0.2, -0.15) is 0 Å². The Morgan fingerprint density at radius 1 is 1.35 bits per heavy atom. The molecule has 0 amide bonds. The van der Waals surface area contributed by atoms with Gasteiger partial charge in [-0.05, 0) is 54.6 Å². The van der Waals surface area contributed by atoms with Crippen molar-refractivity contribution in [1.82, 2.24) is 9.13 Å². The van der Waals surface area contributed by atoms with Gasteiger partial charge in [0.2, 0.25) is 0 Å². The Balaban J connectivity index is 2.10. The van der Waals surface area contributed by atoms with Gasteiger partial charge in [-0.15, -0.1) is 0 Å². The van der Waals surface area contributed by atoms with Gasteiger partial charge in [-0.1, -0.05) is 0 Å². The number of halogens is 2. The van der Waals surface area contributed by atoms with E-state index in [0.717, 1.165) is 9.13 Å². The molecule has 1 aliphatic heterocycles. The van der Waals surface area contributed by atoms with Crippen molar-refractivity contribution in [3.63, 3.8) is 0 Å². The highest BCUT2D eigenvalue weighted by molar-refractivity contribution is 14.1. The summed E-state index contributed by atoms with van der Waals surface area (Å²) in [6.45, 7) is 3.82. The highest BCUT2D eigenvalue weighted by Crippen LogP contribution is 2.23. The van der Waals surface area contributed by atoms with Crippen molar-refractivity contribution in [3.05, 3.63) is 54.5 Å². The van der Waals surface area contributed by atoms with Crippen LogP contribution < -0.4 is 16.6 Å². The lowest BCUT2D eigenvalue weighted by Gasteiger charge is -2.19. The maximum atomic E-state index is 14.4. The van der Waals surface area contributed by atoms with Gasteiger partial charge in [0.05, 0.1) is 18.8 Å². The first kappa shape index (κ1) is 19.1. The number of anilines is 1. The topological polar surface area (TPSA) is 74.5 Å². The Labute approximate surface area is 162 Å². The van der Waals surface area contributed by atoms with E-state index in [9.17, 15) is 14.0 Å². The third-order valence-electron chi connectivity index (χ3n) is 4.05. The third kappa shape index (κ3) is 3.69. The molecule has 3 rings (SSSR count). The Bertz CT molecular complexity index is 954. The summed E-state index contributed by atoms with van der Waals surface area (Å²) in [6.07, 6.45) is -0.439. The molecule has 1 aromatic carbocycles. The molecular formula is C17H19FIN3O4. The molecule has 0 bridgehead atoms. The number of hydrogen-bond acceptors (Lipinski definition) is 5. The summed E-state index contributed by atoms with van der Waals surface area (Å²) >= 11 is 1.99. The van der Waals surface area contributed by atoms with Crippen LogP contribution in [0.2, 0.25) is 0 Å². The molecule has 7 nitrogen and oxygen atoms in total. The van der Waals surface area contributed by atoms with Crippen LogP contribution in [0.5, 0.6) is 0 Å². The fourth-order valence-electron chi connectivity index (χ4n) is 2.88. The van der Waals surface area contributed by atoms with Crippen molar-refractivity contribution in [1.29, 1.82) is 0 Å². The van der Waals surface area contributed by atoms with Crippen molar-refractivity contribution >= 4 is 28.4 Å². The lowest BCUT2D eigenvalue weighted by atomic mass is 10.3. The maximum absolute atomic E-state index is 14.4. The number of benzene rings is 1. The second-order valence-corrected chi connectivity index (χ2v) is 7.64. The Hall–Kier alpha value is -1.72. The zero-order valence-electron chi connectivity index (χ0n) is 14.6. The fraction of sp³-hybridized carbons (Fsp3) is 0.412. The second-order valence-electron chi connectivity index (χ2n) is 6.39. The lowest BCUT2D eigenvalue weighted by Crippen LogP contribution is -2.43. The van der Waals surface area contributed by atoms with Crippen molar-refractivity contribution < 1.29 is 13.9 Å². The van der Waals surface area contributed by atoms with Crippen LogP contribution in [0.1, 0.15) is 13.8 Å². The van der Waals surface area contributed by atoms with Crippen molar-refractivity contribution in [3.8, 4) is 5.69 Å². The van der Waals surface area contributed by atoms with Crippen LogP contribution in [0.4, 0.5) is 10.2 Å². The second kappa shape index (κ2) is 7.12. The van der Waals surface area contributed by atoms with E-state index in [1.807, 2.05) is 22.6 Å². The first-order valence-corrected chi connectivity index (χ1v) is 9.11. The number of ether oxygens (including phenoxy) is 2. The van der Waals surface area contributed by atoms with Gasteiger partial charge < -0.3 is 14.8 Å². The highest BCUT2D eigenvalue weighted by Gasteiger charge is 2.33. The van der Waals surface area contributed by atoms with Gasteiger partial charge >= 0.3 is 5.69 Å². The highest BCUT2D eigenvalue weighted by atomic mass is 127. The minimum atomic E-state index is -0.763. The van der Waals surface area contributed by atoms with Crippen molar-refractivity contribution in [2.75, 3.05) is 19.0 Å². The quantitative estimate of drug-likeness (QED) is 0.685. The first-order chi connectivity index (χ1) is 12.2. The molecule has 1 saturated heterocycles. The normalized spacial score (nSPS) is 18.9. The number of aromatic nitrogens is 2. The number of hydrogen-bond donors (Lipinski definition) is 1. The minimum absolute atomic E-state index is 0.0249. The average molecular weight is 475 g/mol. The van der Waals surface area contributed by atoms with E-state index in [2.05, 4.69) is 5.32 Å². The van der Waals surface area contributed by atoms with Crippen LogP contribution in [0, 0.1) is 9.39 Å². The van der Waals surface area contributed by atoms with E-state index in [-0.39, 0.29) is 24.7 Å². The number of nitrogens with zero attached hydrogens (tertiary/aromatic N) is 2. The average Bonchev–Trinajstić information content (AvgIpc) is 2.91. The maximum Gasteiger partial charge on any atom is 0.337 e. The molecule has 1 N–H and O–H groups in total. The number of nitrogens with one attached hydrogen (secondary N) is 1. The Morgan fingerprint density at radius 3 is 2.65 bits per heavy atom. The molecule has 26 heavy (non-hydrogen) atoms. The summed E-state index contributed by atoms with van der Waals surface area (Å²) in [5, 5.41) is 2.78. The smallest absolute Gasteiger partial charge is 0.337 e. The van der Waals surface area contributed by atoms with Gasteiger partial charge in [-0.25, -0.2) is 13.8 Å². The fourth-order valence-corrected chi connectivity index (χ4v) is 3.33. The summed E-state index contributed by atoms with van der Waals surface area (Å²) in [7, 11) is 1.57. The SMILES string of the molecule is CNc1cc(=O)n(C[C@H]2COC(C)(C)O2)c(=O)n1-c1ccc(I)cc1F. The van der Waals surface area contributed by atoms with Gasteiger partial charge in [0, 0.05) is 16.7 Å². The van der Waals surface area contributed by atoms with Crippen molar-refractivity contribution in [2.45, 2.75) is 32.3 Å². The summed E-state index contributed by atoms with van der Waals surface area (Å²) in [6, 6.07) is 5.79. The predicted molar refractivity (Wildman–Crippen MR) is 103 cm³/mol. The third-order valence-corrected chi connectivity index (χ3v) is 4.72.